The molecule has 2 nitrogen and oxygen atoms in total. The summed E-state index contributed by atoms with van der Waals surface area (Å²) in [6.07, 6.45) is 0.234. The van der Waals surface area contributed by atoms with E-state index in [1.807, 2.05) is 13.8 Å². The van der Waals surface area contributed by atoms with Crippen molar-refractivity contribution in [2.45, 2.75) is 39.3 Å². The zero-order chi connectivity index (χ0) is 7.07. The molecular weight excluding hydrogens is 114 g/mol. The lowest BCUT2D eigenvalue weighted by Crippen LogP contribution is -2.28. The molecule has 1 unspecified atom stereocenters. The SMILES string of the molecule is CC1=NC(C)(C)C(C)O1. The van der Waals surface area contributed by atoms with Crippen LogP contribution in [-0.4, -0.2) is 17.5 Å². The third-order valence-corrected chi connectivity index (χ3v) is 1.79. The van der Waals surface area contributed by atoms with Gasteiger partial charge in [0.1, 0.15) is 6.10 Å². The Morgan fingerprint density at radius 3 is 2.22 bits per heavy atom. The average Bonchev–Trinajstić information content (AvgIpc) is 1.79. The second-order valence-corrected chi connectivity index (χ2v) is 3.04. The second kappa shape index (κ2) is 1.72. The van der Waals surface area contributed by atoms with Crippen molar-refractivity contribution in [1.82, 2.24) is 0 Å². The normalized spacial score (nSPS) is 31.6. The summed E-state index contributed by atoms with van der Waals surface area (Å²) < 4.78 is 5.33. The molecule has 52 valence electrons. The van der Waals surface area contributed by atoms with E-state index < -0.39 is 0 Å². The molecule has 1 rings (SSSR count). The Morgan fingerprint density at radius 2 is 2.11 bits per heavy atom. The number of ether oxygens (including phenoxy) is 1. The Bertz CT molecular complexity index is 149. The molecule has 0 saturated carbocycles. The van der Waals surface area contributed by atoms with Crippen molar-refractivity contribution in [3.8, 4) is 0 Å². The maximum absolute atomic E-state index is 5.33. The lowest BCUT2D eigenvalue weighted by atomic mass is 10.0. The highest BCUT2D eigenvalue weighted by Crippen LogP contribution is 2.23. The minimum atomic E-state index is -0.00984. The Labute approximate surface area is 55.9 Å². The largest absolute Gasteiger partial charge is 0.476 e. The molecule has 1 aliphatic rings. The van der Waals surface area contributed by atoms with E-state index in [-0.39, 0.29) is 11.6 Å². The molecular formula is C7H13NO. The summed E-state index contributed by atoms with van der Waals surface area (Å²) in [6, 6.07) is 0. The molecule has 0 spiro atoms. The van der Waals surface area contributed by atoms with Crippen LogP contribution in [0.15, 0.2) is 4.99 Å². The van der Waals surface area contributed by atoms with Crippen molar-refractivity contribution in [2.24, 2.45) is 4.99 Å². The van der Waals surface area contributed by atoms with Gasteiger partial charge >= 0.3 is 0 Å². The molecule has 2 heteroatoms. The summed E-state index contributed by atoms with van der Waals surface area (Å²) >= 11 is 0. The third-order valence-electron chi connectivity index (χ3n) is 1.79. The molecule has 0 fully saturated rings. The predicted molar refractivity (Wildman–Crippen MR) is 37.7 cm³/mol. The van der Waals surface area contributed by atoms with E-state index in [1.54, 1.807) is 0 Å². The van der Waals surface area contributed by atoms with Crippen LogP contribution in [0.5, 0.6) is 0 Å². The van der Waals surface area contributed by atoms with Gasteiger partial charge in [0.25, 0.3) is 0 Å². The molecule has 0 amide bonds. The van der Waals surface area contributed by atoms with Crippen LogP contribution in [0.3, 0.4) is 0 Å². The van der Waals surface area contributed by atoms with Crippen molar-refractivity contribution in [1.29, 1.82) is 0 Å². The summed E-state index contributed by atoms with van der Waals surface area (Å²) in [4.78, 5) is 4.30. The van der Waals surface area contributed by atoms with Crippen LogP contribution in [0.1, 0.15) is 27.7 Å². The molecule has 1 heterocycles. The molecule has 0 aromatic rings. The van der Waals surface area contributed by atoms with Crippen LogP contribution in [0, 0.1) is 0 Å². The van der Waals surface area contributed by atoms with Crippen LogP contribution in [0.2, 0.25) is 0 Å². The minimum absolute atomic E-state index is 0.00984. The highest BCUT2D eigenvalue weighted by atomic mass is 16.5. The van der Waals surface area contributed by atoms with Crippen molar-refractivity contribution in [2.75, 3.05) is 0 Å². The van der Waals surface area contributed by atoms with Crippen LogP contribution in [0.4, 0.5) is 0 Å². The predicted octanol–water partition coefficient (Wildman–Crippen LogP) is 1.60. The minimum Gasteiger partial charge on any atom is -0.476 e. The van der Waals surface area contributed by atoms with Crippen molar-refractivity contribution < 1.29 is 4.74 Å². The van der Waals surface area contributed by atoms with E-state index in [0.717, 1.165) is 5.90 Å². The molecule has 9 heavy (non-hydrogen) atoms. The van der Waals surface area contributed by atoms with Gasteiger partial charge in [-0.25, -0.2) is 4.99 Å². The maximum Gasteiger partial charge on any atom is 0.181 e. The Hall–Kier alpha value is -0.530. The van der Waals surface area contributed by atoms with E-state index in [0.29, 0.717) is 0 Å². The number of rotatable bonds is 0. The van der Waals surface area contributed by atoms with Crippen LogP contribution in [0.25, 0.3) is 0 Å². The topological polar surface area (TPSA) is 21.6 Å². The quantitative estimate of drug-likeness (QED) is 0.484. The Morgan fingerprint density at radius 1 is 1.56 bits per heavy atom. The molecule has 0 saturated heterocycles. The van der Waals surface area contributed by atoms with E-state index in [2.05, 4.69) is 18.8 Å². The first-order chi connectivity index (χ1) is 4.02. The molecule has 0 aromatic carbocycles. The monoisotopic (exact) mass is 127 g/mol. The lowest BCUT2D eigenvalue weighted by Gasteiger charge is -2.17. The number of hydrogen-bond acceptors (Lipinski definition) is 2. The molecule has 0 aromatic heterocycles. The smallest absolute Gasteiger partial charge is 0.181 e. The first-order valence-corrected chi connectivity index (χ1v) is 3.25. The molecule has 1 aliphatic heterocycles. The second-order valence-electron chi connectivity index (χ2n) is 3.04. The highest BCUT2D eigenvalue weighted by Gasteiger charge is 2.32. The third kappa shape index (κ3) is 1.07. The zero-order valence-corrected chi connectivity index (χ0v) is 6.43. The number of hydrogen-bond donors (Lipinski definition) is 0. The molecule has 1 atom stereocenters. The fourth-order valence-electron chi connectivity index (χ4n) is 0.923. The van der Waals surface area contributed by atoms with E-state index in [9.17, 15) is 0 Å². The van der Waals surface area contributed by atoms with Gasteiger partial charge in [-0.2, -0.15) is 0 Å². The summed E-state index contributed by atoms with van der Waals surface area (Å²) in [7, 11) is 0. The number of aliphatic imine (C=N–C) groups is 1. The van der Waals surface area contributed by atoms with Gasteiger partial charge in [-0.3, -0.25) is 0 Å². The van der Waals surface area contributed by atoms with Gasteiger partial charge < -0.3 is 4.74 Å². The van der Waals surface area contributed by atoms with Crippen LogP contribution < -0.4 is 0 Å². The van der Waals surface area contributed by atoms with Gasteiger partial charge in [-0.1, -0.05) is 0 Å². The van der Waals surface area contributed by atoms with Gasteiger partial charge in [-0.05, 0) is 20.8 Å². The Balaban J connectivity index is 2.76. The highest BCUT2D eigenvalue weighted by molar-refractivity contribution is 5.75. The van der Waals surface area contributed by atoms with Gasteiger partial charge in [0.2, 0.25) is 0 Å². The van der Waals surface area contributed by atoms with Crippen LogP contribution in [-0.2, 0) is 4.74 Å². The van der Waals surface area contributed by atoms with Gasteiger partial charge in [-0.15, -0.1) is 0 Å². The molecule has 0 radical (unpaired) electrons. The number of nitrogens with zero attached hydrogens (tertiary/aromatic N) is 1. The summed E-state index contributed by atoms with van der Waals surface area (Å²) in [5, 5.41) is 0. The lowest BCUT2D eigenvalue weighted by molar-refractivity contribution is 0.173. The fraction of sp³-hybridized carbons (Fsp3) is 0.857. The van der Waals surface area contributed by atoms with Gasteiger partial charge in [0, 0.05) is 6.92 Å². The first kappa shape index (κ1) is 6.59. The Kier molecular flexibility index (Phi) is 1.26. The zero-order valence-electron chi connectivity index (χ0n) is 6.43. The summed E-state index contributed by atoms with van der Waals surface area (Å²) in [6.45, 7) is 8.09. The van der Waals surface area contributed by atoms with Crippen LogP contribution >= 0.6 is 0 Å². The van der Waals surface area contributed by atoms with Crippen molar-refractivity contribution in [3.05, 3.63) is 0 Å². The summed E-state index contributed by atoms with van der Waals surface area (Å²) in [5.74, 6) is 0.813. The van der Waals surface area contributed by atoms with Gasteiger partial charge in [0.15, 0.2) is 5.90 Å². The first-order valence-electron chi connectivity index (χ1n) is 3.25. The standard InChI is InChI=1S/C7H13NO/c1-5-7(3,4)8-6(2)9-5/h5H,1-4H3. The average molecular weight is 127 g/mol. The molecule has 0 aliphatic carbocycles. The molecule has 0 N–H and O–H groups in total. The van der Waals surface area contributed by atoms with Crippen molar-refractivity contribution in [3.63, 3.8) is 0 Å². The fourth-order valence-corrected chi connectivity index (χ4v) is 0.923. The van der Waals surface area contributed by atoms with E-state index in [4.69, 9.17) is 4.74 Å². The summed E-state index contributed by atoms with van der Waals surface area (Å²) in [5.41, 5.74) is -0.00984. The van der Waals surface area contributed by atoms with E-state index in [1.165, 1.54) is 0 Å². The van der Waals surface area contributed by atoms with Gasteiger partial charge in [0.05, 0.1) is 5.54 Å². The van der Waals surface area contributed by atoms with Crippen molar-refractivity contribution >= 4 is 5.90 Å². The maximum atomic E-state index is 5.33. The van der Waals surface area contributed by atoms with E-state index >= 15 is 0 Å². The molecule has 0 bridgehead atoms.